The van der Waals surface area contributed by atoms with Crippen LogP contribution in [0.25, 0.3) is 0 Å². The first-order chi connectivity index (χ1) is 13.7. The average Bonchev–Trinajstić information content (AvgIpc) is 2.73. The summed E-state index contributed by atoms with van der Waals surface area (Å²) < 4.78 is 5.69. The molecule has 1 aromatic carbocycles. The SMILES string of the molecule is C=CCC1CN(c2ccncc2)CCN1CCC(Oc1ccccc1)C(=O)O. The molecule has 3 rings (SSSR count). The number of carboxylic acid groups (broad SMARTS) is 1. The molecule has 28 heavy (non-hydrogen) atoms. The van der Waals surface area contributed by atoms with E-state index in [4.69, 9.17) is 4.74 Å². The molecule has 148 valence electrons. The molecule has 0 aliphatic carbocycles. The second-order valence-corrected chi connectivity index (χ2v) is 6.91. The van der Waals surface area contributed by atoms with E-state index in [-0.39, 0.29) is 0 Å². The Hall–Kier alpha value is -2.86. The number of piperazine rings is 1. The summed E-state index contributed by atoms with van der Waals surface area (Å²) in [6.07, 6.45) is 5.99. The van der Waals surface area contributed by atoms with Gasteiger partial charge in [0.2, 0.25) is 0 Å². The van der Waals surface area contributed by atoms with E-state index < -0.39 is 12.1 Å². The molecule has 1 aliphatic heterocycles. The van der Waals surface area contributed by atoms with E-state index in [0.717, 1.165) is 26.1 Å². The number of carboxylic acids is 1. The lowest BCUT2D eigenvalue weighted by atomic mass is 10.1. The molecular formula is C22H27N3O3. The third-order valence-electron chi connectivity index (χ3n) is 5.05. The van der Waals surface area contributed by atoms with Gasteiger partial charge in [-0.15, -0.1) is 6.58 Å². The number of hydrogen-bond acceptors (Lipinski definition) is 5. The number of ether oxygens (including phenoxy) is 1. The Balaban J connectivity index is 1.60. The second kappa shape index (κ2) is 9.90. The number of aliphatic carboxylic acids is 1. The van der Waals surface area contributed by atoms with E-state index in [1.54, 1.807) is 12.1 Å². The van der Waals surface area contributed by atoms with E-state index in [2.05, 4.69) is 21.4 Å². The van der Waals surface area contributed by atoms with Crippen molar-refractivity contribution in [2.75, 3.05) is 31.1 Å². The minimum Gasteiger partial charge on any atom is -0.479 e. The van der Waals surface area contributed by atoms with E-state index >= 15 is 0 Å². The maximum atomic E-state index is 11.6. The lowest BCUT2D eigenvalue weighted by Gasteiger charge is -2.42. The van der Waals surface area contributed by atoms with Crippen molar-refractivity contribution in [1.82, 2.24) is 9.88 Å². The maximum absolute atomic E-state index is 11.6. The molecular weight excluding hydrogens is 354 g/mol. The molecule has 1 N–H and O–H groups in total. The van der Waals surface area contributed by atoms with E-state index in [9.17, 15) is 9.90 Å². The number of aromatic nitrogens is 1. The first kappa shape index (κ1) is 19.9. The van der Waals surface area contributed by atoms with Gasteiger partial charge in [0.1, 0.15) is 5.75 Å². The van der Waals surface area contributed by atoms with Crippen LogP contribution in [0.1, 0.15) is 12.8 Å². The highest BCUT2D eigenvalue weighted by Crippen LogP contribution is 2.21. The molecule has 2 unspecified atom stereocenters. The Morgan fingerprint density at radius 3 is 2.68 bits per heavy atom. The molecule has 0 bridgehead atoms. The Kier molecular flexibility index (Phi) is 7.03. The molecule has 1 saturated heterocycles. The summed E-state index contributed by atoms with van der Waals surface area (Å²) in [5.74, 6) is -0.348. The van der Waals surface area contributed by atoms with Crippen molar-refractivity contribution in [2.45, 2.75) is 25.0 Å². The number of carbonyl (C=O) groups is 1. The third-order valence-corrected chi connectivity index (χ3v) is 5.05. The molecule has 2 heterocycles. The van der Waals surface area contributed by atoms with Gasteiger partial charge in [0.15, 0.2) is 6.10 Å². The van der Waals surface area contributed by atoms with Crippen molar-refractivity contribution >= 4 is 11.7 Å². The van der Waals surface area contributed by atoms with Crippen LogP contribution in [-0.2, 0) is 4.79 Å². The number of rotatable bonds is 9. The van der Waals surface area contributed by atoms with Gasteiger partial charge in [0.05, 0.1) is 0 Å². The van der Waals surface area contributed by atoms with Crippen LogP contribution in [0, 0.1) is 0 Å². The van der Waals surface area contributed by atoms with Gasteiger partial charge >= 0.3 is 5.97 Å². The second-order valence-electron chi connectivity index (χ2n) is 6.91. The predicted octanol–water partition coefficient (Wildman–Crippen LogP) is 3.07. The van der Waals surface area contributed by atoms with E-state index in [1.807, 2.05) is 48.8 Å². The molecule has 1 aliphatic rings. The van der Waals surface area contributed by atoms with Gasteiger partial charge in [-0.25, -0.2) is 4.79 Å². The molecule has 6 heteroatoms. The highest BCUT2D eigenvalue weighted by Gasteiger charge is 2.28. The minimum atomic E-state index is -0.931. The van der Waals surface area contributed by atoms with Crippen LogP contribution in [0.15, 0.2) is 67.5 Å². The van der Waals surface area contributed by atoms with Crippen molar-refractivity contribution in [2.24, 2.45) is 0 Å². The summed E-state index contributed by atoms with van der Waals surface area (Å²) in [6, 6.07) is 13.5. The zero-order valence-corrected chi connectivity index (χ0v) is 16.0. The summed E-state index contributed by atoms with van der Waals surface area (Å²) >= 11 is 0. The molecule has 6 nitrogen and oxygen atoms in total. The number of para-hydroxylation sites is 1. The fourth-order valence-corrected chi connectivity index (χ4v) is 3.57. The highest BCUT2D eigenvalue weighted by atomic mass is 16.5. The van der Waals surface area contributed by atoms with E-state index in [1.165, 1.54) is 5.69 Å². The van der Waals surface area contributed by atoms with Crippen molar-refractivity contribution < 1.29 is 14.6 Å². The number of anilines is 1. The predicted molar refractivity (Wildman–Crippen MR) is 110 cm³/mol. The van der Waals surface area contributed by atoms with Crippen LogP contribution >= 0.6 is 0 Å². The van der Waals surface area contributed by atoms with Crippen molar-refractivity contribution in [1.29, 1.82) is 0 Å². The monoisotopic (exact) mass is 381 g/mol. The number of pyridine rings is 1. The Morgan fingerprint density at radius 1 is 1.25 bits per heavy atom. The van der Waals surface area contributed by atoms with Crippen molar-refractivity contribution in [3.63, 3.8) is 0 Å². The smallest absolute Gasteiger partial charge is 0.344 e. The number of benzene rings is 1. The highest BCUT2D eigenvalue weighted by molar-refractivity contribution is 5.72. The summed E-state index contributed by atoms with van der Waals surface area (Å²) in [6.45, 7) is 7.22. The Bertz CT molecular complexity index is 754. The molecule has 0 spiro atoms. The van der Waals surface area contributed by atoms with Crippen LogP contribution < -0.4 is 9.64 Å². The first-order valence-electron chi connectivity index (χ1n) is 9.62. The van der Waals surface area contributed by atoms with Crippen LogP contribution in [0.2, 0.25) is 0 Å². The molecule has 2 atom stereocenters. The molecule has 1 fully saturated rings. The fourth-order valence-electron chi connectivity index (χ4n) is 3.57. The summed E-state index contributed by atoms with van der Waals surface area (Å²) in [7, 11) is 0. The van der Waals surface area contributed by atoms with Crippen molar-refractivity contribution in [3.8, 4) is 5.75 Å². The van der Waals surface area contributed by atoms with Gasteiger partial charge < -0.3 is 14.7 Å². The van der Waals surface area contributed by atoms with Crippen LogP contribution in [-0.4, -0.2) is 59.3 Å². The Morgan fingerprint density at radius 2 is 2.00 bits per heavy atom. The zero-order chi connectivity index (χ0) is 19.8. The summed E-state index contributed by atoms with van der Waals surface area (Å²) in [5, 5.41) is 9.55. The summed E-state index contributed by atoms with van der Waals surface area (Å²) in [4.78, 5) is 20.4. The number of hydrogen-bond donors (Lipinski definition) is 1. The molecule has 0 amide bonds. The van der Waals surface area contributed by atoms with Gasteiger partial charge in [0.25, 0.3) is 0 Å². The van der Waals surface area contributed by atoms with Crippen LogP contribution in [0.5, 0.6) is 5.75 Å². The van der Waals surface area contributed by atoms with Gasteiger partial charge in [0, 0.05) is 56.7 Å². The quantitative estimate of drug-likeness (QED) is 0.674. The Labute approximate surface area is 166 Å². The van der Waals surface area contributed by atoms with Gasteiger partial charge in [-0.2, -0.15) is 0 Å². The van der Waals surface area contributed by atoms with Crippen molar-refractivity contribution in [3.05, 3.63) is 67.5 Å². The van der Waals surface area contributed by atoms with E-state index in [0.29, 0.717) is 24.8 Å². The zero-order valence-electron chi connectivity index (χ0n) is 16.0. The van der Waals surface area contributed by atoms with Gasteiger partial charge in [-0.1, -0.05) is 24.3 Å². The minimum absolute atomic E-state index is 0.297. The lowest BCUT2D eigenvalue weighted by Crippen LogP contribution is -2.54. The first-order valence-corrected chi connectivity index (χ1v) is 9.62. The lowest BCUT2D eigenvalue weighted by molar-refractivity contribution is -0.145. The fraction of sp³-hybridized carbons (Fsp3) is 0.364. The third kappa shape index (κ3) is 5.33. The molecule has 1 aromatic heterocycles. The number of nitrogens with zero attached hydrogens (tertiary/aromatic N) is 3. The molecule has 0 radical (unpaired) electrons. The molecule has 2 aromatic rings. The van der Waals surface area contributed by atoms with Crippen LogP contribution in [0.4, 0.5) is 5.69 Å². The standard InChI is InChI=1S/C22H27N3O3/c1-2-6-19-17-25(18-9-12-23-13-10-18)16-15-24(19)14-11-21(22(26)27)28-20-7-4-3-5-8-20/h2-5,7-10,12-13,19,21H,1,6,11,14-17H2,(H,26,27). The maximum Gasteiger partial charge on any atom is 0.344 e. The van der Waals surface area contributed by atoms with Gasteiger partial charge in [-0.05, 0) is 30.7 Å². The summed E-state index contributed by atoms with van der Waals surface area (Å²) in [5.41, 5.74) is 1.17. The van der Waals surface area contributed by atoms with Gasteiger partial charge in [-0.3, -0.25) is 9.88 Å². The normalized spacial score (nSPS) is 18.4. The molecule has 0 saturated carbocycles. The van der Waals surface area contributed by atoms with Crippen LogP contribution in [0.3, 0.4) is 0 Å². The largest absolute Gasteiger partial charge is 0.479 e. The topological polar surface area (TPSA) is 65.9 Å². The average molecular weight is 381 g/mol.